The molecule has 0 aliphatic carbocycles. The van der Waals surface area contributed by atoms with Crippen LogP contribution in [-0.4, -0.2) is 45.1 Å². The van der Waals surface area contributed by atoms with E-state index in [-0.39, 0.29) is 10.9 Å². The van der Waals surface area contributed by atoms with Crippen LogP contribution in [0.2, 0.25) is 0 Å². The van der Waals surface area contributed by atoms with E-state index in [0.29, 0.717) is 32.4 Å². The molecule has 144 valence electrons. The molecule has 0 saturated carbocycles. The number of nitrogens with zero attached hydrogens (tertiary/aromatic N) is 1. The average molecular weight is 381 g/mol. The molecule has 0 radical (unpaired) electrons. The van der Waals surface area contributed by atoms with E-state index in [1.165, 1.54) is 6.26 Å². The van der Waals surface area contributed by atoms with Crippen molar-refractivity contribution >= 4 is 22.1 Å². The van der Waals surface area contributed by atoms with Crippen molar-refractivity contribution in [1.82, 2.24) is 5.06 Å². The molecule has 0 bridgehead atoms. The number of carbonyl (C=O) groups excluding carboxylic acids is 2. The van der Waals surface area contributed by atoms with Crippen LogP contribution in [0.1, 0.15) is 45.6 Å². The van der Waals surface area contributed by atoms with Gasteiger partial charge in [-0.05, 0) is 51.3 Å². The molecule has 1 aliphatic rings. The lowest BCUT2D eigenvalue weighted by Gasteiger charge is -2.41. The maximum absolute atomic E-state index is 12.1. The summed E-state index contributed by atoms with van der Waals surface area (Å²) in [6.45, 7) is 6.39. The fourth-order valence-corrected chi connectivity index (χ4v) is 3.75. The van der Waals surface area contributed by atoms with Crippen LogP contribution in [0.15, 0.2) is 29.2 Å². The summed E-state index contributed by atoms with van der Waals surface area (Å²) >= 11 is 0. The summed E-state index contributed by atoms with van der Waals surface area (Å²) in [5, 5.41) is 1.64. The Morgan fingerprint density at radius 3 is 2.38 bits per heavy atom. The molecule has 1 heterocycles. The minimum absolute atomic E-state index is 0.252. The number of piperidine rings is 1. The fraction of sp³-hybridized carbons (Fsp3) is 0.579. The summed E-state index contributed by atoms with van der Waals surface area (Å²) < 4.78 is 23.7. The molecule has 0 atom stereocenters. The van der Waals surface area contributed by atoms with Gasteiger partial charge in [0.25, 0.3) is 0 Å². The van der Waals surface area contributed by atoms with Crippen LogP contribution in [-0.2, 0) is 29.7 Å². The quantitative estimate of drug-likeness (QED) is 0.729. The summed E-state index contributed by atoms with van der Waals surface area (Å²) in [6.07, 6.45) is 3.57. The summed E-state index contributed by atoms with van der Waals surface area (Å²) in [7, 11) is -3.32. The van der Waals surface area contributed by atoms with E-state index in [2.05, 4.69) is 0 Å². The molecule has 0 unspecified atom stereocenters. The summed E-state index contributed by atoms with van der Waals surface area (Å²) in [4.78, 5) is 29.1. The normalized spacial score (nSPS) is 18.3. The average Bonchev–Trinajstić information content (AvgIpc) is 2.55. The van der Waals surface area contributed by atoms with Gasteiger partial charge >= 0.3 is 5.97 Å². The molecule has 1 aromatic rings. The molecule has 6 nitrogen and oxygen atoms in total. The second kappa shape index (κ2) is 7.48. The molecule has 0 spiro atoms. The molecule has 0 N–H and O–H groups in total. The van der Waals surface area contributed by atoms with Crippen LogP contribution in [0, 0.1) is 5.41 Å². The van der Waals surface area contributed by atoms with E-state index in [0.717, 1.165) is 11.8 Å². The first-order valence-corrected chi connectivity index (χ1v) is 10.6. The van der Waals surface area contributed by atoms with Crippen LogP contribution in [0.25, 0.3) is 0 Å². The SMILES string of the molecule is CC(C)(C)C(=O)ON1CCC(CC=O)(c2cccc(S(C)(=O)=O)c2)CC1. The van der Waals surface area contributed by atoms with E-state index >= 15 is 0 Å². The zero-order valence-corrected chi connectivity index (χ0v) is 16.6. The molecule has 2 rings (SSSR count). The summed E-state index contributed by atoms with van der Waals surface area (Å²) in [6, 6.07) is 6.81. The first-order chi connectivity index (χ1) is 12.0. The highest BCUT2D eigenvalue weighted by Crippen LogP contribution is 2.39. The number of aldehydes is 1. The third-order valence-electron chi connectivity index (χ3n) is 4.85. The number of hydrogen-bond acceptors (Lipinski definition) is 6. The van der Waals surface area contributed by atoms with Crippen molar-refractivity contribution in [2.45, 2.75) is 50.3 Å². The highest BCUT2D eigenvalue weighted by Gasteiger charge is 2.38. The van der Waals surface area contributed by atoms with E-state index in [9.17, 15) is 18.0 Å². The number of hydroxylamine groups is 2. The second-order valence-electron chi connectivity index (χ2n) is 8.01. The van der Waals surface area contributed by atoms with Gasteiger partial charge in [-0.3, -0.25) is 0 Å². The molecule has 1 saturated heterocycles. The van der Waals surface area contributed by atoms with Crippen LogP contribution in [0.5, 0.6) is 0 Å². The van der Waals surface area contributed by atoms with Gasteiger partial charge in [0, 0.05) is 31.2 Å². The van der Waals surface area contributed by atoms with E-state index < -0.39 is 20.7 Å². The minimum Gasteiger partial charge on any atom is -0.367 e. The summed E-state index contributed by atoms with van der Waals surface area (Å²) in [5.41, 5.74) is -0.178. The van der Waals surface area contributed by atoms with Gasteiger partial charge in [0.15, 0.2) is 9.84 Å². The van der Waals surface area contributed by atoms with Crippen LogP contribution < -0.4 is 0 Å². The van der Waals surface area contributed by atoms with Gasteiger partial charge in [-0.15, -0.1) is 5.06 Å². The molecule has 1 aromatic carbocycles. The number of benzene rings is 1. The van der Waals surface area contributed by atoms with Crippen LogP contribution in [0.4, 0.5) is 0 Å². The van der Waals surface area contributed by atoms with Crippen molar-refractivity contribution in [2.75, 3.05) is 19.3 Å². The van der Waals surface area contributed by atoms with E-state index in [4.69, 9.17) is 4.84 Å². The zero-order chi connectivity index (χ0) is 19.6. The Kier molecular flexibility index (Phi) is 5.92. The van der Waals surface area contributed by atoms with Crippen LogP contribution >= 0.6 is 0 Å². The predicted molar refractivity (Wildman–Crippen MR) is 98.3 cm³/mol. The van der Waals surface area contributed by atoms with Crippen molar-refractivity contribution < 1.29 is 22.8 Å². The Morgan fingerprint density at radius 1 is 1.27 bits per heavy atom. The van der Waals surface area contributed by atoms with Crippen molar-refractivity contribution in [2.24, 2.45) is 5.41 Å². The number of sulfone groups is 1. The molecule has 1 aliphatic heterocycles. The smallest absolute Gasteiger partial charge is 0.330 e. The molecule has 0 amide bonds. The first-order valence-electron chi connectivity index (χ1n) is 8.69. The van der Waals surface area contributed by atoms with E-state index in [1.807, 2.05) is 6.07 Å². The molecule has 1 fully saturated rings. The van der Waals surface area contributed by atoms with Gasteiger partial charge in [-0.25, -0.2) is 13.2 Å². The van der Waals surface area contributed by atoms with Gasteiger partial charge in [0.1, 0.15) is 6.29 Å². The number of rotatable bonds is 5. The maximum atomic E-state index is 12.1. The lowest BCUT2D eigenvalue weighted by Crippen LogP contribution is -2.45. The van der Waals surface area contributed by atoms with Crippen molar-refractivity contribution in [3.05, 3.63) is 29.8 Å². The topological polar surface area (TPSA) is 80.8 Å². The Labute approximate surface area is 155 Å². The molecule has 7 heteroatoms. The summed E-state index contributed by atoms with van der Waals surface area (Å²) in [5.74, 6) is -0.292. The zero-order valence-electron chi connectivity index (χ0n) is 15.8. The number of hydrogen-bond donors (Lipinski definition) is 0. The third-order valence-corrected chi connectivity index (χ3v) is 5.96. The standard InChI is InChI=1S/C19H27NO5S/c1-18(2,3)17(22)25-20-11-8-19(9-12-20,10-13-21)15-6-5-7-16(14-15)26(4,23)24/h5-7,13-14H,8-12H2,1-4H3. The van der Waals surface area contributed by atoms with Gasteiger partial charge < -0.3 is 9.63 Å². The largest absolute Gasteiger partial charge is 0.367 e. The highest BCUT2D eigenvalue weighted by molar-refractivity contribution is 7.90. The monoisotopic (exact) mass is 381 g/mol. The lowest BCUT2D eigenvalue weighted by atomic mass is 9.71. The lowest BCUT2D eigenvalue weighted by molar-refractivity contribution is -0.207. The van der Waals surface area contributed by atoms with E-state index in [1.54, 1.807) is 44.0 Å². The van der Waals surface area contributed by atoms with Crippen molar-refractivity contribution in [3.63, 3.8) is 0 Å². The molecular formula is C19H27NO5S. The fourth-order valence-electron chi connectivity index (χ4n) is 3.09. The van der Waals surface area contributed by atoms with Gasteiger partial charge in [-0.1, -0.05) is 12.1 Å². The second-order valence-corrected chi connectivity index (χ2v) is 10.0. The minimum atomic E-state index is -3.32. The van der Waals surface area contributed by atoms with Gasteiger partial charge in [0.2, 0.25) is 0 Å². The highest BCUT2D eigenvalue weighted by atomic mass is 32.2. The Morgan fingerprint density at radius 2 is 1.88 bits per heavy atom. The molecule has 0 aromatic heterocycles. The molecule has 26 heavy (non-hydrogen) atoms. The van der Waals surface area contributed by atoms with Crippen molar-refractivity contribution in [1.29, 1.82) is 0 Å². The van der Waals surface area contributed by atoms with Crippen molar-refractivity contribution in [3.8, 4) is 0 Å². The Bertz CT molecular complexity index is 771. The molecular weight excluding hydrogens is 354 g/mol. The van der Waals surface area contributed by atoms with Gasteiger partial charge in [0.05, 0.1) is 10.3 Å². The third kappa shape index (κ3) is 4.71. The predicted octanol–water partition coefficient (Wildman–Crippen LogP) is 2.52. The number of carbonyl (C=O) groups is 2. The van der Waals surface area contributed by atoms with Crippen LogP contribution in [0.3, 0.4) is 0 Å². The Balaban J connectivity index is 2.21. The maximum Gasteiger partial charge on any atom is 0.330 e. The Hall–Kier alpha value is -1.73. The first kappa shape index (κ1) is 20.6. The van der Waals surface area contributed by atoms with Gasteiger partial charge in [-0.2, -0.15) is 0 Å².